The molecule has 0 bridgehead atoms. The van der Waals surface area contributed by atoms with E-state index in [2.05, 4.69) is 5.32 Å². The number of carbonyl (C=O) groups excluding carboxylic acids is 2. The molecule has 1 aromatic heterocycles. The molecular formula is C17H20ClN3O3. The minimum Gasteiger partial charge on any atom is -0.459 e. The van der Waals surface area contributed by atoms with Gasteiger partial charge in [0, 0.05) is 24.3 Å². The van der Waals surface area contributed by atoms with Crippen LogP contribution in [0.5, 0.6) is 0 Å². The fourth-order valence-corrected chi connectivity index (χ4v) is 2.72. The summed E-state index contributed by atoms with van der Waals surface area (Å²) in [7, 11) is 0. The third-order valence-electron chi connectivity index (χ3n) is 4.02. The summed E-state index contributed by atoms with van der Waals surface area (Å²) in [6.45, 7) is 2.02. The van der Waals surface area contributed by atoms with Gasteiger partial charge in [0.2, 0.25) is 0 Å². The van der Waals surface area contributed by atoms with Gasteiger partial charge < -0.3 is 20.4 Å². The molecule has 1 unspecified atom stereocenters. The standard InChI is InChI=1S/C17H19N3O3.ClH/c18-10-12-6-7-20(11-12)17(22)13-3-1-4-14(9-13)19-16(21)15-5-2-8-23-15;/h1-5,8-9,12H,6-7,10-11,18H2,(H,19,21);1H. The van der Waals surface area contributed by atoms with Crippen molar-refractivity contribution in [2.24, 2.45) is 11.7 Å². The highest BCUT2D eigenvalue weighted by molar-refractivity contribution is 6.03. The minimum atomic E-state index is -0.344. The number of furan rings is 1. The number of amides is 2. The number of hydrogen-bond donors (Lipinski definition) is 2. The Balaban J connectivity index is 0.00000208. The van der Waals surface area contributed by atoms with Crippen molar-refractivity contribution in [1.82, 2.24) is 4.90 Å². The molecule has 2 aromatic rings. The van der Waals surface area contributed by atoms with E-state index in [1.165, 1.54) is 6.26 Å². The molecule has 0 radical (unpaired) electrons. The van der Waals surface area contributed by atoms with E-state index in [-0.39, 0.29) is 30.0 Å². The molecular weight excluding hydrogens is 330 g/mol. The van der Waals surface area contributed by atoms with Crippen LogP contribution in [-0.2, 0) is 0 Å². The molecule has 3 rings (SSSR count). The molecule has 2 heterocycles. The van der Waals surface area contributed by atoms with E-state index < -0.39 is 0 Å². The topological polar surface area (TPSA) is 88.6 Å². The number of hydrogen-bond acceptors (Lipinski definition) is 4. The SMILES string of the molecule is Cl.NCC1CCN(C(=O)c2cccc(NC(=O)c3ccco3)c2)C1. The number of nitrogens with two attached hydrogens (primary N) is 1. The second-order valence-electron chi connectivity index (χ2n) is 5.65. The Labute approximate surface area is 146 Å². The molecule has 1 fully saturated rings. The number of likely N-dealkylation sites (tertiary alicyclic amines) is 1. The highest BCUT2D eigenvalue weighted by Gasteiger charge is 2.26. The van der Waals surface area contributed by atoms with Crippen LogP contribution in [0.3, 0.4) is 0 Å². The number of rotatable bonds is 4. The first-order chi connectivity index (χ1) is 11.2. The third-order valence-corrected chi connectivity index (χ3v) is 4.02. The van der Waals surface area contributed by atoms with E-state index in [1.807, 2.05) is 4.90 Å². The van der Waals surface area contributed by atoms with Gasteiger partial charge in [-0.15, -0.1) is 12.4 Å². The summed E-state index contributed by atoms with van der Waals surface area (Å²) < 4.78 is 5.05. The molecule has 128 valence electrons. The lowest BCUT2D eigenvalue weighted by atomic mass is 10.1. The van der Waals surface area contributed by atoms with Gasteiger partial charge >= 0.3 is 0 Å². The van der Waals surface area contributed by atoms with E-state index in [1.54, 1.807) is 36.4 Å². The highest BCUT2D eigenvalue weighted by atomic mass is 35.5. The van der Waals surface area contributed by atoms with Gasteiger partial charge in [0.05, 0.1) is 6.26 Å². The average Bonchev–Trinajstić information content (AvgIpc) is 3.25. The third kappa shape index (κ3) is 3.96. The summed E-state index contributed by atoms with van der Waals surface area (Å²) in [5.41, 5.74) is 6.78. The molecule has 1 aromatic carbocycles. The van der Waals surface area contributed by atoms with Crippen LogP contribution in [-0.4, -0.2) is 36.3 Å². The van der Waals surface area contributed by atoms with Crippen LogP contribution in [0.1, 0.15) is 27.3 Å². The zero-order valence-corrected chi connectivity index (χ0v) is 13.9. The highest BCUT2D eigenvalue weighted by Crippen LogP contribution is 2.20. The van der Waals surface area contributed by atoms with Gasteiger partial charge in [0.1, 0.15) is 0 Å². The molecule has 2 amide bonds. The first-order valence-corrected chi connectivity index (χ1v) is 7.61. The van der Waals surface area contributed by atoms with Crippen LogP contribution in [0.2, 0.25) is 0 Å². The van der Waals surface area contributed by atoms with Crippen LogP contribution in [0, 0.1) is 5.92 Å². The second-order valence-corrected chi connectivity index (χ2v) is 5.65. The number of nitrogens with one attached hydrogen (secondary N) is 1. The van der Waals surface area contributed by atoms with Crippen LogP contribution in [0.4, 0.5) is 5.69 Å². The van der Waals surface area contributed by atoms with Crippen LogP contribution >= 0.6 is 12.4 Å². The monoisotopic (exact) mass is 349 g/mol. The molecule has 6 nitrogen and oxygen atoms in total. The van der Waals surface area contributed by atoms with E-state index in [9.17, 15) is 9.59 Å². The normalized spacial score (nSPS) is 16.5. The Kier molecular flexibility index (Phi) is 6.00. The Morgan fingerprint density at radius 2 is 2.12 bits per heavy atom. The number of halogens is 1. The van der Waals surface area contributed by atoms with E-state index in [0.29, 0.717) is 30.3 Å². The quantitative estimate of drug-likeness (QED) is 0.886. The maximum Gasteiger partial charge on any atom is 0.291 e. The molecule has 1 atom stereocenters. The van der Waals surface area contributed by atoms with E-state index in [4.69, 9.17) is 10.2 Å². The van der Waals surface area contributed by atoms with Crippen molar-refractivity contribution in [3.63, 3.8) is 0 Å². The van der Waals surface area contributed by atoms with Crippen molar-refractivity contribution in [3.05, 3.63) is 54.0 Å². The Hall–Kier alpha value is -2.31. The van der Waals surface area contributed by atoms with Gasteiger partial charge in [-0.2, -0.15) is 0 Å². The number of nitrogens with zero attached hydrogens (tertiary/aromatic N) is 1. The van der Waals surface area contributed by atoms with Crippen LogP contribution < -0.4 is 11.1 Å². The molecule has 0 aliphatic carbocycles. The van der Waals surface area contributed by atoms with Gasteiger partial charge in [-0.05, 0) is 49.2 Å². The molecule has 1 aliphatic rings. The summed E-state index contributed by atoms with van der Waals surface area (Å²) in [6, 6.07) is 10.2. The smallest absolute Gasteiger partial charge is 0.291 e. The number of anilines is 1. The summed E-state index contributed by atoms with van der Waals surface area (Å²) in [6.07, 6.45) is 2.38. The first-order valence-electron chi connectivity index (χ1n) is 7.61. The molecule has 1 aliphatic heterocycles. The lowest BCUT2D eigenvalue weighted by molar-refractivity contribution is 0.0787. The van der Waals surface area contributed by atoms with Gasteiger partial charge in [-0.3, -0.25) is 9.59 Å². The van der Waals surface area contributed by atoms with Crippen LogP contribution in [0.15, 0.2) is 47.1 Å². The molecule has 0 saturated carbocycles. The largest absolute Gasteiger partial charge is 0.459 e. The van der Waals surface area contributed by atoms with Gasteiger partial charge in [0.15, 0.2) is 5.76 Å². The Bertz CT molecular complexity index is 703. The fourth-order valence-electron chi connectivity index (χ4n) is 2.72. The Morgan fingerprint density at radius 1 is 1.29 bits per heavy atom. The van der Waals surface area contributed by atoms with Crippen LogP contribution in [0.25, 0.3) is 0 Å². The van der Waals surface area contributed by atoms with Crippen molar-refractivity contribution in [3.8, 4) is 0 Å². The van der Waals surface area contributed by atoms with Crippen molar-refractivity contribution in [2.45, 2.75) is 6.42 Å². The summed E-state index contributed by atoms with van der Waals surface area (Å²) in [4.78, 5) is 26.3. The Morgan fingerprint density at radius 3 is 2.79 bits per heavy atom. The summed E-state index contributed by atoms with van der Waals surface area (Å²) in [5.74, 6) is 0.229. The van der Waals surface area contributed by atoms with E-state index >= 15 is 0 Å². The molecule has 24 heavy (non-hydrogen) atoms. The molecule has 0 spiro atoms. The minimum absolute atomic E-state index is 0. The first kappa shape index (κ1) is 18.0. The maximum atomic E-state index is 12.5. The fraction of sp³-hybridized carbons (Fsp3) is 0.294. The zero-order chi connectivity index (χ0) is 16.2. The second kappa shape index (κ2) is 7.99. The van der Waals surface area contributed by atoms with Gasteiger partial charge in [0.25, 0.3) is 11.8 Å². The van der Waals surface area contributed by atoms with Crippen molar-refractivity contribution in [1.29, 1.82) is 0 Å². The van der Waals surface area contributed by atoms with Gasteiger partial charge in [-0.1, -0.05) is 6.07 Å². The number of benzene rings is 1. The molecule has 7 heteroatoms. The predicted molar refractivity (Wildman–Crippen MR) is 93.4 cm³/mol. The predicted octanol–water partition coefficient (Wildman–Crippen LogP) is 2.37. The van der Waals surface area contributed by atoms with Crippen molar-refractivity contribution < 1.29 is 14.0 Å². The van der Waals surface area contributed by atoms with Gasteiger partial charge in [-0.25, -0.2) is 0 Å². The zero-order valence-electron chi connectivity index (χ0n) is 13.1. The average molecular weight is 350 g/mol. The number of carbonyl (C=O) groups is 2. The van der Waals surface area contributed by atoms with Crippen molar-refractivity contribution >= 4 is 29.9 Å². The molecule has 3 N–H and O–H groups in total. The maximum absolute atomic E-state index is 12.5. The summed E-state index contributed by atoms with van der Waals surface area (Å²) in [5, 5.41) is 2.73. The lowest BCUT2D eigenvalue weighted by Crippen LogP contribution is -2.29. The van der Waals surface area contributed by atoms with Crippen molar-refractivity contribution in [2.75, 3.05) is 25.0 Å². The summed E-state index contributed by atoms with van der Waals surface area (Å²) >= 11 is 0. The molecule has 1 saturated heterocycles. The van der Waals surface area contributed by atoms with E-state index in [0.717, 1.165) is 13.0 Å². The lowest BCUT2D eigenvalue weighted by Gasteiger charge is -2.16.